The summed E-state index contributed by atoms with van der Waals surface area (Å²) >= 11 is 0. The summed E-state index contributed by atoms with van der Waals surface area (Å²) in [4.78, 5) is 34.0. The van der Waals surface area contributed by atoms with Crippen LogP contribution in [0.3, 0.4) is 0 Å². The highest BCUT2D eigenvalue weighted by molar-refractivity contribution is 5.95. The van der Waals surface area contributed by atoms with Gasteiger partial charge in [-0.05, 0) is 37.6 Å². The van der Waals surface area contributed by atoms with Crippen molar-refractivity contribution in [3.63, 3.8) is 0 Å². The molecule has 0 aliphatic rings. The van der Waals surface area contributed by atoms with Crippen LogP contribution in [0.4, 0.5) is 10.5 Å². The SMILES string of the molecule is COc1ccc(-c2cc([N+](=O)[O-])ccc2OCC(=O)NC(=O)NC(C)C)cc1. The molecule has 0 unspecified atom stereocenters. The third kappa shape index (κ3) is 5.70. The smallest absolute Gasteiger partial charge is 0.321 e. The maximum Gasteiger partial charge on any atom is 0.321 e. The lowest BCUT2D eigenvalue weighted by Crippen LogP contribution is -2.44. The Morgan fingerprint density at radius 3 is 2.39 bits per heavy atom. The van der Waals surface area contributed by atoms with Gasteiger partial charge in [-0.25, -0.2) is 4.79 Å². The number of hydrogen-bond donors (Lipinski definition) is 2. The van der Waals surface area contributed by atoms with E-state index in [0.29, 0.717) is 16.9 Å². The summed E-state index contributed by atoms with van der Waals surface area (Å²) in [5, 5.41) is 15.8. The number of benzene rings is 2. The van der Waals surface area contributed by atoms with Crippen LogP contribution >= 0.6 is 0 Å². The van der Waals surface area contributed by atoms with Crippen molar-refractivity contribution in [1.82, 2.24) is 10.6 Å². The lowest BCUT2D eigenvalue weighted by atomic mass is 10.0. The van der Waals surface area contributed by atoms with Crippen molar-refractivity contribution >= 4 is 17.6 Å². The van der Waals surface area contributed by atoms with E-state index in [0.717, 1.165) is 0 Å². The number of non-ortho nitro benzene ring substituents is 1. The number of nitro benzene ring substituents is 1. The number of ether oxygens (including phenoxy) is 2. The third-order valence-electron chi connectivity index (χ3n) is 3.61. The third-order valence-corrected chi connectivity index (χ3v) is 3.61. The number of amides is 3. The van der Waals surface area contributed by atoms with Crippen LogP contribution in [0.15, 0.2) is 42.5 Å². The molecule has 0 aromatic heterocycles. The zero-order chi connectivity index (χ0) is 20.7. The summed E-state index contributed by atoms with van der Waals surface area (Å²) in [6.07, 6.45) is 0. The Labute approximate surface area is 161 Å². The molecule has 0 atom stereocenters. The number of rotatable bonds is 7. The van der Waals surface area contributed by atoms with Gasteiger partial charge in [-0.3, -0.25) is 20.2 Å². The Morgan fingerprint density at radius 2 is 1.82 bits per heavy atom. The van der Waals surface area contributed by atoms with Gasteiger partial charge in [0, 0.05) is 23.7 Å². The standard InChI is InChI=1S/C19H21N3O6/c1-12(2)20-19(24)21-18(23)11-28-17-9-6-14(22(25)26)10-16(17)13-4-7-15(27-3)8-5-13/h4-10,12H,11H2,1-3H3,(H2,20,21,23,24). The largest absolute Gasteiger partial charge is 0.497 e. The van der Waals surface area contributed by atoms with Crippen molar-refractivity contribution in [2.45, 2.75) is 19.9 Å². The van der Waals surface area contributed by atoms with Gasteiger partial charge in [0.15, 0.2) is 6.61 Å². The highest BCUT2D eigenvalue weighted by Crippen LogP contribution is 2.34. The number of hydrogen-bond acceptors (Lipinski definition) is 6. The van der Waals surface area contributed by atoms with Gasteiger partial charge in [-0.1, -0.05) is 12.1 Å². The Hall–Kier alpha value is -3.62. The van der Waals surface area contributed by atoms with Crippen molar-refractivity contribution < 1.29 is 24.0 Å². The highest BCUT2D eigenvalue weighted by atomic mass is 16.6. The monoisotopic (exact) mass is 387 g/mol. The number of urea groups is 1. The number of nitrogens with zero attached hydrogens (tertiary/aromatic N) is 1. The van der Waals surface area contributed by atoms with Gasteiger partial charge in [0.05, 0.1) is 12.0 Å². The fourth-order valence-corrected chi connectivity index (χ4v) is 2.36. The van der Waals surface area contributed by atoms with E-state index in [-0.39, 0.29) is 17.5 Å². The fraction of sp³-hybridized carbons (Fsp3) is 0.263. The second-order valence-corrected chi connectivity index (χ2v) is 6.13. The van der Waals surface area contributed by atoms with Gasteiger partial charge >= 0.3 is 6.03 Å². The van der Waals surface area contributed by atoms with Gasteiger partial charge in [0.1, 0.15) is 11.5 Å². The summed E-state index contributed by atoms with van der Waals surface area (Å²) in [7, 11) is 1.53. The molecule has 2 aromatic carbocycles. The number of carbonyl (C=O) groups is 2. The topological polar surface area (TPSA) is 120 Å². The number of nitrogens with one attached hydrogen (secondary N) is 2. The van der Waals surface area contributed by atoms with Crippen LogP contribution in [0.5, 0.6) is 11.5 Å². The molecule has 3 amide bonds. The van der Waals surface area contributed by atoms with Crippen molar-refractivity contribution in [2.75, 3.05) is 13.7 Å². The molecule has 0 fully saturated rings. The van der Waals surface area contributed by atoms with Gasteiger partial charge in [0.2, 0.25) is 0 Å². The molecule has 2 rings (SSSR count). The lowest BCUT2D eigenvalue weighted by molar-refractivity contribution is -0.384. The maximum absolute atomic E-state index is 11.9. The minimum absolute atomic E-state index is 0.112. The van der Waals surface area contributed by atoms with Crippen LogP contribution < -0.4 is 20.1 Å². The number of methoxy groups -OCH3 is 1. The summed E-state index contributed by atoms with van der Waals surface area (Å²) in [5.41, 5.74) is 0.979. The molecule has 0 bridgehead atoms. The van der Waals surface area contributed by atoms with Gasteiger partial charge in [-0.15, -0.1) is 0 Å². The summed E-state index contributed by atoms with van der Waals surface area (Å²) in [6, 6.07) is 10.2. The van der Waals surface area contributed by atoms with E-state index >= 15 is 0 Å². The maximum atomic E-state index is 11.9. The first-order chi connectivity index (χ1) is 13.3. The molecule has 0 saturated carbocycles. The van der Waals surface area contributed by atoms with Gasteiger partial charge in [-0.2, -0.15) is 0 Å². The molecule has 2 aromatic rings. The minimum atomic E-state index is -0.641. The van der Waals surface area contributed by atoms with E-state index in [9.17, 15) is 19.7 Å². The van der Waals surface area contributed by atoms with Crippen molar-refractivity contribution in [3.05, 3.63) is 52.6 Å². The Morgan fingerprint density at radius 1 is 1.14 bits per heavy atom. The zero-order valence-electron chi connectivity index (χ0n) is 15.7. The van der Waals surface area contributed by atoms with Gasteiger partial charge in [0.25, 0.3) is 11.6 Å². The quantitative estimate of drug-likeness (QED) is 0.557. The number of carbonyl (C=O) groups excluding carboxylic acids is 2. The van der Waals surface area contributed by atoms with Crippen molar-refractivity contribution in [1.29, 1.82) is 0 Å². The molecular formula is C19H21N3O6. The molecule has 0 saturated heterocycles. The van der Waals surface area contributed by atoms with E-state index in [2.05, 4.69) is 10.6 Å². The average Bonchev–Trinajstić information content (AvgIpc) is 2.65. The van der Waals surface area contributed by atoms with Crippen molar-refractivity contribution in [3.8, 4) is 22.6 Å². The summed E-state index contributed by atoms with van der Waals surface area (Å²) in [6.45, 7) is 3.10. The summed E-state index contributed by atoms with van der Waals surface area (Å²) in [5.74, 6) is 0.263. The van der Waals surface area contributed by atoms with Crippen molar-refractivity contribution in [2.24, 2.45) is 0 Å². The van der Waals surface area contributed by atoms with E-state index in [1.165, 1.54) is 25.3 Å². The van der Waals surface area contributed by atoms with Crippen LogP contribution in [0.1, 0.15) is 13.8 Å². The predicted octanol–water partition coefficient (Wildman–Crippen LogP) is 2.88. The zero-order valence-corrected chi connectivity index (χ0v) is 15.7. The Balaban J connectivity index is 2.19. The molecule has 28 heavy (non-hydrogen) atoms. The normalized spacial score (nSPS) is 10.3. The highest BCUT2D eigenvalue weighted by Gasteiger charge is 2.16. The van der Waals surface area contributed by atoms with Gasteiger partial charge < -0.3 is 14.8 Å². The van der Waals surface area contributed by atoms with Crippen LogP contribution in [-0.2, 0) is 4.79 Å². The molecule has 148 valence electrons. The molecule has 9 heteroatoms. The number of imide groups is 1. The first-order valence-electron chi connectivity index (χ1n) is 8.46. The van der Waals surface area contributed by atoms with E-state index in [1.54, 1.807) is 38.1 Å². The molecule has 0 aliphatic heterocycles. The van der Waals surface area contributed by atoms with Crippen LogP contribution in [0.2, 0.25) is 0 Å². The molecule has 0 aliphatic carbocycles. The molecule has 2 N–H and O–H groups in total. The minimum Gasteiger partial charge on any atom is -0.497 e. The molecule has 9 nitrogen and oxygen atoms in total. The average molecular weight is 387 g/mol. The second kappa shape index (κ2) is 9.36. The molecule has 0 heterocycles. The lowest BCUT2D eigenvalue weighted by Gasteiger charge is -2.13. The first kappa shape index (κ1) is 20.7. The first-order valence-corrected chi connectivity index (χ1v) is 8.46. The summed E-state index contributed by atoms with van der Waals surface area (Å²) < 4.78 is 10.6. The molecule has 0 radical (unpaired) electrons. The number of nitro groups is 1. The van der Waals surface area contributed by atoms with E-state index < -0.39 is 23.5 Å². The Bertz CT molecular complexity index is 864. The van der Waals surface area contributed by atoms with E-state index in [1.807, 2.05) is 0 Å². The Kier molecular flexibility index (Phi) is 6.91. The predicted molar refractivity (Wildman–Crippen MR) is 102 cm³/mol. The van der Waals surface area contributed by atoms with Crippen LogP contribution in [0.25, 0.3) is 11.1 Å². The fourth-order valence-electron chi connectivity index (χ4n) is 2.36. The van der Waals surface area contributed by atoms with Crippen LogP contribution in [-0.4, -0.2) is 36.6 Å². The molecular weight excluding hydrogens is 366 g/mol. The van der Waals surface area contributed by atoms with Crippen LogP contribution in [0, 0.1) is 10.1 Å². The second-order valence-electron chi connectivity index (χ2n) is 6.13. The molecule has 0 spiro atoms. The van der Waals surface area contributed by atoms with E-state index in [4.69, 9.17) is 9.47 Å².